The summed E-state index contributed by atoms with van der Waals surface area (Å²) in [6.07, 6.45) is 5.20. The molecule has 0 bridgehead atoms. The summed E-state index contributed by atoms with van der Waals surface area (Å²) in [5.41, 5.74) is 4.31. The van der Waals surface area contributed by atoms with E-state index in [-0.39, 0.29) is 24.3 Å². The smallest absolute Gasteiger partial charge is 0.254 e. The van der Waals surface area contributed by atoms with E-state index < -0.39 is 0 Å². The molecule has 1 saturated heterocycles. The number of hydrogen-bond donors (Lipinski definition) is 2. The first-order chi connectivity index (χ1) is 16.9. The second-order valence-electron chi connectivity index (χ2n) is 9.34. The Kier molecular flexibility index (Phi) is 6.43. The number of carbonyl (C=O) groups excluding carboxylic acids is 2. The van der Waals surface area contributed by atoms with E-state index in [0.29, 0.717) is 33.8 Å². The standard InChI is InChI=1S/C27H28ClN5O2/c1-3-17-5-4-16(2)33(15-17)26(35)18-6-9-21(10-7-18)30-27-29-14-19-12-24(34)31-23-13-20(28)8-11-22(23)25(19)32-27/h6-11,13-14,16-17H,3-5,12,15H2,1-2H3,(H,31,34)(H,29,30,32). The van der Waals surface area contributed by atoms with Crippen LogP contribution in [0.5, 0.6) is 0 Å². The number of amides is 2. The van der Waals surface area contributed by atoms with Crippen molar-refractivity contribution in [2.45, 2.75) is 45.6 Å². The van der Waals surface area contributed by atoms with Gasteiger partial charge in [-0.1, -0.05) is 24.9 Å². The Bertz CT molecular complexity index is 1280. The number of carbonyl (C=O) groups is 2. The van der Waals surface area contributed by atoms with Gasteiger partial charge < -0.3 is 15.5 Å². The number of nitrogens with zero attached hydrogens (tertiary/aromatic N) is 3. The monoisotopic (exact) mass is 489 g/mol. The van der Waals surface area contributed by atoms with Gasteiger partial charge in [-0.25, -0.2) is 9.97 Å². The Balaban J connectivity index is 1.36. The summed E-state index contributed by atoms with van der Waals surface area (Å²) < 4.78 is 0. The predicted octanol–water partition coefficient (Wildman–Crippen LogP) is 5.69. The zero-order chi connectivity index (χ0) is 24.5. The largest absolute Gasteiger partial charge is 0.336 e. The van der Waals surface area contributed by atoms with Crippen molar-refractivity contribution in [3.63, 3.8) is 0 Å². The summed E-state index contributed by atoms with van der Waals surface area (Å²) in [5, 5.41) is 6.65. The predicted molar refractivity (Wildman–Crippen MR) is 138 cm³/mol. The van der Waals surface area contributed by atoms with Crippen LogP contribution in [0.1, 0.15) is 49.0 Å². The third-order valence-electron chi connectivity index (χ3n) is 6.93. The molecular formula is C27H28ClN5O2. The van der Waals surface area contributed by atoms with Gasteiger partial charge in [-0.2, -0.15) is 0 Å². The molecule has 8 heteroatoms. The van der Waals surface area contributed by atoms with Crippen molar-refractivity contribution >= 4 is 40.7 Å². The Labute approximate surface area is 209 Å². The van der Waals surface area contributed by atoms with E-state index in [0.717, 1.165) is 36.2 Å². The van der Waals surface area contributed by atoms with Crippen LogP contribution in [0.15, 0.2) is 48.7 Å². The number of anilines is 3. The number of rotatable bonds is 4. The molecule has 7 nitrogen and oxygen atoms in total. The lowest BCUT2D eigenvalue weighted by Gasteiger charge is -2.38. The summed E-state index contributed by atoms with van der Waals surface area (Å²) in [4.78, 5) is 36.6. The van der Waals surface area contributed by atoms with Crippen LogP contribution in [0, 0.1) is 5.92 Å². The number of nitrogens with one attached hydrogen (secondary N) is 2. The summed E-state index contributed by atoms with van der Waals surface area (Å²) in [6, 6.07) is 13.0. The SMILES string of the molecule is CCC1CCC(C)N(C(=O)c2ccc(Nc3ncc4c(n3)-c3ccc(Cl)cc3NC(=O)C4)cc2)C1. The first kappa shape index (κ1) is 23.3. The van der Waals surface area contributed by atoms with Gasteiger partial charge in [0, 0.05) is 46.2 Å². The van der Waals surface area contributed by atoms with Crippen molar-refractivity contribution in [2.24, 2.45) is 5.92 Å². The highest BCUT2D eigenvalue weighted by Crippen LogP contribution is 2.35. The van der Waals surface area contributed by atoms with E-state index in [1.807, 2.05) is 35.2 Å². The van der Waals surface area contributed by atoms with Gasteiger partial charge in [-0.3, -0.25) is 9.59 Å². The van der Waals surface area contributed by atoms with Crippen molar-refractivity contribution in [3.8, 4) is 11.3 Å². The number of piperidine rings is 1. The summed E-state index contributed by atoms with van der Waals surface area (Å²) >= 11 is 6.13. The minimum Gasteiger partial charge on any atom is -0.336 e. The molecule has 3 heterocycles. The Morgan fingerprint density at radius 1 is 1.20 bits per heavy atom. The van der Waals surface area contributed by atoms with Crippen LogP contribution in [0.25, 0.3) is 11.3 Å². The third kappa shape index (κ3) is 4.86. The number of fused-ring (bicyclic) bond motifs is 3. The van der Waals surface area contributed by atoms with Gasteiger partial charge in [0.25, 0.3) is 5.91 Å². The average Bonchev–Trinajstić information content (AvgIpc) is 2.99. The van der Waals surface area contributed by atoms with E-state index in [1.165, 1.54) is 6.42 Å². The molecule has 2 N–H and O–H groups in total. The zero-order valence-corrected chi connectivity index (χ0v) is 20.6. The number of benzene rings is 2. The summed E-state index contributed by atoms with van der Waals surface area (Å²) in [5.74, 6) is 0.933. The van der Waals surface area contributed by atoms with Crippen LogP contribution >= 0.6 is 11.6 Å². The fourth-order valence-electron chi connectivity index (χ4n) is 4.81. The molecule has 2 aromatic carbocycles. The highest BCUT2D eigenvalue weighted by molar-refractivity contribution is 6.31. The van der Waals surface area contributed by atoms with Gasteiger partial charge in [0.1, 0.15) is 0 Å². The summed E-state index contributed by atoms with van der Waals surface area (Å²) in [6.45, 7) is 5.14. The Morgan fingerprint density at radius 2 is 2.00 bits per heavy atom. The molecule has 2 aliphatic rings. The fourth-order valence-corrected chi connectivity index (χ4v) is 4.98. The Hall–Kier alpha value is -3.45. The minimum atomic E-state index is -0.134. The van der Waals surface area contributed by atoms with Gasteiger partial charge in [0.05, 0.1) is 17.8 Å². The maximum Gasteiger partial charge on any atom is 0.254 e. The van der Waals surface area contributed by atoms with Gasteiger partial charge in [0.2, 0.25) is 11.9 Å². The van der Waals surface area contributed by atoms with Crippen LogP contribution in [0.4, 0.5) is 17.3 Å². The molecule has 1 fully saturated rings. The molecule has 0 saturated carbocycles. The fraction of sp³-hybridized carbons (Fsp3) is 0.333. The molecule has 5 rings (SSSR count). The van der Waals surface area contributed by atoms with Crippen molar-refractivity contribution in [1.29, 1.82) is 0 Å². The highest BCUT2D eigenvalue weighted by Gasteiger charge is 2.28. The molecule has 2 atom stereocenters. The second kappa shape index (κ2) is 9.66. The molecule has 0 radical (unpaired) electrons. The van der Waals surface area contributed by atoms with Crippen molar-refractivity contribution in [1.82, 2.24) is 14.9 Å². The lowest BCUT2D eigenvalue weighted by atomic mass is 9.91. The van der Waals surface area contributed by atoms with E-state index in [4.69, 9.17) is 16.6 Å². The topological polar surface area (TPSA) is 87.2 Å². The maximum absolute atomic E-state index is 13.1. The second-order valence-corrected chi connectivity index (χ2v) is 9.78. The zero-order valence-electron chi connectivity index (χ0n) is 19.8. The van der Waals surface area contributed by atoms with Crippen molar-refractivity contribution in [2.75, 3.05) is 17.2 Å². The number of hydrogen-bond acceptors (Lipinski definition) is 5. The first-order valence-corrected chi connectivity index (χ1v) is 12.4. The van der Waals surface area contributed by atoms with Gasteiger partial charge in [0.15, 0.2) is 0 Å². The minimum absolute atomic E-state index is 0.0796. The Morgan fingerprint density at radius 3 is 2.77 bits per heavy atom. The van der Waals surface area contributed by atoms with Crippen LogP contribution in [-0.4, -0.2) is 39.3 Å². The molecule has 0 aliphatic carbocycles. The third-order valence-corrected chi connectivity index (χ3v) is 7.17. The number of likely N-dealkylation sites (tertiary alicyclic amines) is 1. The molecule has 1 aromatic heterocycles. The lowest BCUT2D eigenvalue weighted by molar-refractivity contribution is -0.115. The van der Waals surface area contributed by atoms with E-state index in [9.17, 15) is 9.59 Å². The lowest BCUT2D eigenvalue weighted by Crippen LogP contribution is -2.45. The van der Waals surface area contributed by atoms with Crippen LogP contribution < -0.4 is 10.6 Å². The quantitative estimate of drug-likeness (QED) is 0.492. The molecular weight excluding hydrogens is 462 g/mol. The molecule has 180 valence electrons. The summed E-state index contributed by atoms with van der Waals surface area (Å²) in [7, 11) is 0. The van der Waals surface area contributed by atoms with E-state index in [2.05, 4.69) is 29.5 Å². The van der Waals surface area contributed by atoms with Gasteiger partial charge in [-0.15, -0.1) is 0 Å². The van der Waals surface area contributed by atoms with Crippen LogP contribution in [0.2, 0.25) is 5.02 Å². The normalized spacial score (nSPS) is 19.3. The molecule has 2 unspecified atom stereocenters. The van der Waals surface area contributed by atoms with Gasteiger partial charge in [-0.05, 0) is 68.1 Å². The molecule has 3 aromatic rings. The van der Waals surface area contributed by atoms with Crippen molar-refractivity contribution < 1.29 is 9.59 Å². The van der Waals surface area contributed by atoms with Crippen LogP contribution in [0.3, 0.4) is 0 Å². The van der Waals surface area contributed by atoms with Gasteiger partial charge >= 0.3 is 0 Å². The van der Waals surface area contributed by atoms with Crippen LogP contribution in [-0.2, 0) is 11.2 Å². The van der Waals surface area contributed by atoms with Crippen molar-refractivity contribution in [3.05, 3.63) is 64.8 Å². The molecule has 35 heavy (non-hydrogen) atoms. The molecule has 2 amide bonds. The first-order valence-electron chi connectivity index (χ1n) is 12.0. The number of halogens is 1. The molecule has 0 spiro atoms. The highest BCUT2D eigenvalue weighted by atomic mass is 35.5. The molecule has 2 aliphatic heterocycles. The maximum atomic E-state index is 13.1. The van der Waals surface area contributed by atoms with E-state index in [1.54, 1.807) is 18.3 Å². The van der Waals surface area contributed by atoms with E-state index >= 15 is 0 Å². The number of aromatic nitrogens is 2. The average molecular weight is 490 g/mol.